The Balaban J connectivity index is 1.79. The first-order valence-corrected chi connectivity index (χ1v) is 11.0. The number of nitrogen functional groups attached to an aromatic ring is 1. The molecule has 32 heavy (non-hydrogen) atoms. The maximum absolute atomic E-state index is 13.6. The van der Waals surface area contributed by atoms with E-state index in [9.17, 15) is 8.42 Å². The van der Waals surface area contributed by atoms with Crippen LogP contribution in [-0.4, -0.2) is 36.4 Å². The predicted molar refractivity (Wildman–Crippen MR) is 120 cm³/mol. The third kappa shape index (κ3) is 3.17. The first-order valence-electron chi connectivity index (χ1n) is 9.53. The second-order valence-corrected chi connectivity index (χ2v) is 8.74. The monoisotopic (exact) mass is 447 g/mol. The van der Waals surface area contributed by atoms with Crippen LogP contribution in [0.2, 0.25) is 0 Å². The molecule has 0 unspecified atom stereocenters. The standard InChI is InChI=1S/C22H17N5O4S/c1-30-14-8-10-16(11-9-14)32(28,29)20-19-22(26-18-7-3-2-6-17(18)25-19)27(21(20)23)24-13-15-5-4-12-31-15/h2-13H,23H2,1H3. The van der Waals surface area contributed by atoms with E-state index in [0.717, 1.165) is 0 Å². The number of rotatable bonds is 5. The number of sulfone groups is 1. The summed E-state index contributed by atoms with van der Waals surface area (Å²) in [5, 5.41) is 4.32. The number of fused-ring (bicyclic) bond motifs is 2. The largest absolute Gasteiger partial charge is 0.497 e. The lowest BCUT2D eigenvalue weighted by Crippen LogP contribution is -2.06. The van der Waals surface area contributed by atoms with Crippen LogP contribution in [0.15, 0.2) is 86.2 Å². The quantitative estimate of drug-likeness (QED) is 0.409. The lowest BCUT2D eigenvalue weighted by Gasteiger charge is -2.06. The van der Waals surface area contributed by atoms with Crippen molar-refractivity contribution in [2.24, 2.45) is 5.10 Å². The average Bonchev–Trinajstić information content (AvgIpc) is 3.41. The van der Waals surface area contributed by atoms with Crippen LogP contribution < -0.4 is 10.5 Å². The van der Waals surface area contributed by atoms with Crippen LogP contribution in [0, 0.1) is 0 Å². The smallest absolute Gasteiger partial charge is 0.212 e. The molecule has 3 aromatic heterocycles. The number of benzene rings is 2. The van der Waals surface area contributed by atoms with Gasteiger partial charge in [0.15, 0.2) is 5.65 Å². The molecule has 0 bridgehead atoms. The van der Waals surface area contributed by atoms with Crippen LogP contribution in [0.25, 0.3) is 22.2 Å². The highest BCUT2D eigenvalue weighted by atomic mass is 32.2. The molecule has 0 aliphatic carbocycles. The van der Waals surface area contributed by atoms with E-state index in [0.29, 0.717) is 22.5 Å². The molecule has 0 spiro atoms. The van der Waals surface area contributed by atoms with E-state index in [2.05, 4.69) is 15.1 Å². The molecule has 0 amide bonds. The number of nitrogens with two attached hydrogens (primary N) is 1. The summed E-state index contributed by atoms with van der Waals surface area (Å²) in [6, 6.07) is 16.6. The van der Waals surface area contributed by atoms with Crippen LogP contribution in [0.4, 0.5) is 5.82 Å². The Morgan fingerprint density at radius 3 is 2.41 bits per heavy atom. The molecule has 5 aromatic rings. The van der Waals surface area contributed by atoms with E-state index in [4.69, 9.17) is 14.9 Å². The molecule has 0 saturated heterocycles. The van der Waals surface area contributed by atoms with Crippen molar-refractivity contribution in [1.82, 2.24) is 14.6 Å². The van der Waals surface area contributed by atoms with Crippen LogP contribution in [0.5, 0.6) is 5.75 Å². The van der Waals surface area contributed by atoms with Crippen molar-refractivity contribution in [3.8, 4) is 5.75 Å². The summed E-state index contributed by atoms with van der Waals surface area (Å²) < 4.78 is 38.8. The van der Waals surface area contributed by atoms with E-state index in [1.165, 1.54) is 36.4 Å². The molecule has 10 heteroatoms. The Morgan fingerprint density at radius 2 is 1.75 bits per heavy atom. The summed E-state index contributed by atoms with van der Waals surface area (Å²) in [5.41, 5.74) is 7.81. The van der Waals surface area contributed by atoms with Crippen LogP contribution >= 0.6 is 0 Å². The van der Waals surface area contributed by atoms with Crippen molar-refractivity contribution in [2.75, 3.05) is 12.8 Å². The van der Waals surface area contributed by atoms with Gasteiger partial charge in [-0.1, -0.05) is 12.1 Å². The number of anilines is 1. The third-order valence-electron chi connectivity index (χ3n) is 4.91. The van der Waals surface area contributed by atoms with Gasteiger partial charge in [0.05, 0.1) is 35.5 Å². The van der Waals surface area contributed by atoms with Gasteiger partial charge in [0.1, 0.15) is 27.7 Å². The molecule has 5 rings (SSSR count). The van der Waals surface area contributed by atoms with Gasteiger partial charge in [-0.25, -0.2) is 18.4 Å². The van der Waals surface area contributed by atoms with Crippen molar-refractivity contribution < 1.29 is 17.6 Å². The number of furan rings is 1. The fourth-order valence-electron chi connectivity index (χ4n) is 3.36. The molecule has 0 atom stereocenters. The summed E-state index contributed by atoms with van der Waals surface area (Å²) in [6.45, 7) is 0. The van der Waals surface area contributed by atoms with Crippen molar-refractivity contribution in [3.05, 3.63) is 72.7 Å². The first kappa shape index (κ1) is 19.8. The van der Waals surface area contributed by atoms with Crippen LogP contribution in [0.1, 0.15) is 5.76 Å². The topological polar surface area (TPSA) is 126 Å². The van der Waals surface area contributed by atoms with Gasteiger partial charge in [-0.05, 0) is 48.5 Å². The van der Waals surface area contributed by atoms with E-state index in [1.807, 2.05) is 6.07 Å². The van der Waals surface area contributed by atoms with Crippen molar-refractivity contribution in [3.63, 3.8) is 0 Å². The van der Waals surface area contributed by atoms with Gasteiger partial charge in [0.2, 0.25) is 9.84 Å². The van der Waals surface area contributed by atoms with Crippen molar-refractivity contribution in [2.45, 2.75) is 9.79 Å². The molecule has 0 fully saturated rings. The van der Waals surface area contributed by atoms with Gasteiger partial charge in [-0.15, -0.1) is 0 Å². The highest BCUT2D eigenvalue weighted by molar-refractivity contribution is 7.92. The van der Waals surface area contributed by atoms with Gasteiger partial charge >= 0.3 is 0 Å². The van der Waals surface area contributed by atoms with E-state index in [1.54, 1.807) is 42.5 Å². The predicted octanol–water partition coefficient (Wildman–Crippen LogP) is 3.48. The molecule has 2 N–H and O–H groups in total. The van der Waals surface area contributed by atoms with Gasteiger partial charge in [0, 0.05) is 0 Å². The Kier molecular flexibility index (Phi) is 4.63. The maximum atomic E-state index is 13.6. The second-order valence-electron chi connectivity index (χ2n) is 6.85. The number of hydrogen-bond donors (Lipinski definition) is 1. The van der Waals surface area contributed by atoms with Crippen LogP contribution in [0.3, 0.4) is 0 Å². The minimum Gasteiger partial charge on any atom is -0.497 e. The molecule has 0 aliphatic rings. The number of ether oxygens (including phenoxy) is 1. The number of para-hydroxylation sites is 2. The fraction of sp³-hybridized carbons (Fsp3) is 0.0455. The molecule has 160 valence electrons. The first-order chi connectivity index (χ1) is 15.5. The number of aromatic nitrogens is 3. The molecule has 0 saturated carbocycles. The molecule has 0 radical (unpaired) electrons. The molecule has 3 heterocycles. The van der Waals surface area contributed by atoms with E-state index < -0.39 is 9.84 Å². The summed E-state index contributed by atoms with van der Waals surface area (Å²) in [7, 11) is -2.54. The van der Waals surface area contributed by atoms with Gasteiger partial charge in [-0.2, -0.15) is 9.78 Å². The fourth-order valence-corrected chi connectivity index (χ4v) is 4.84. The lowest BCUT2D eigenvalue weighted by atomic mass is 10.3. The molecule has 0 aliphatic heterocycles. The number of nitrogens with zero attached hydrogens (tertiary/aromatic N) is 4. The van der Waals surface area contributed by atoms with Gasteiger partial charge in [-0.3, -0.25) is 0 Å². The highest BCUT2D eigenvalue weighted by Gasteiger charge is 2.30. The number of methoxy groups -OCH3 is 1. The summed E-state index contributed by atoms with van der Waals surface area (Å²) in [4.78, 5) is 9.04. The highest BCUT2D eigenvalue weighted by Crippen LogP contribution is 2.35. The minimum atomic E-state index is -4.04. The maximum Gasteiger partial charge on any atom is 0.212 e. The number of hydrogen-bond acceptors (Lipinski definition) is 8. The zero-order valence-electron chi connectivity index (χ0n) is 16.8. The van der Waals surface area contributed by atoms with Gasteiger partial charge < -0.3 is 14.9 Å². The summed E-state index contributed by atoms with van der Waals surface area (Å²) in [5.74, 6) is 0.904. The second kappa shape index (κ2) is 7.50. The third-order valence-corrected chi connectivity index (χ3v) is 6.74. The van der Waals surface area contributed by atoms with Crippen molar-refractivity contribution >= 4 is 44.1 Å². The zero-order valence-corrected chi connectivity index (χ0v) is 17.7. The zero-order chi connectivity index (χ0) is 22.3. The minimum absolute atomic E-state index is 0.0500. The summed E-state index contributed by atoms with van der Waals surface area (Å²) >= 11 is 0. The Hall–Kier alpha value is -4.18. The molecule has 9 nitrogen and oxygen atoms in total. The average molecular weight is 447 g/mol. The Bertz CT molecular complexity index is 1570. The van der Waals surface area contributed by atoms with E-state index in [-0.39, 0.29) is 26.8 Å². The van der Waals surface area contributed by atoms with Gasteiger partial charge in [0.25, 0.3) is 0 Å². The summed E-state index contributed by atoms with van der Waals surface area (Å²) in [6.07, 6.45) is 2.93. The Labute approximate surface area is 182 Å². The normalized spacial score (nSPS) is 12.2. The Morgan fingerprint density at radius 1 is 1.03 bits per heavy atom. The molecular weight excluding hydrogens is 430 g/mol. The van der Waals surface area contributed by atoms with Crippen molar-refractivity contribution in [1.29, 1.82) is 0 Å². The SMILES string of the molecule is COc1ccc(S(=O)(=O)c2c(N)n(N=Cc3ccco3)c3nc4ccccc4nc23)cc1. The lowest BCUT2D eigenvalue weighted by molar-refractivity contribution is 0.414. The van der Waals surface area contributed by atoms with Crippen LogP contribution in [-0.2, 0) is 9.84 Å². The van der Waals surface area contributed by atoms with E-state index >= 15 is 0 Å². The molecular formula is C22H17N5O4S. The molecule has 2 aromatic carbocycles.